The maximum absolute atomic E-state index is 2.67. The number of hydrogen-bond acceptors (Lipinski definition) is 1. The monoisotopic (exact) mass is 703 g/mol. The lowest BCUT2D eigenvalue weighted by Gasteiger charge is -2.34. The van der Waals surface area contributed by atoms with Crippen molar-refractivity contribution in [2.45, 2.75) is 42.9 Å². The van der Waals surface area contributed by atoms with Gasteiger partial charge >= 0.3 is 0 Å². The van der Waals surface area contributed by atoms with E-state index in [2.05, 4.69) is 201 Å². The Labute approximate surface area is 323 Å². The molecule has 2 fully saturated rings. The van der Waals surface area contributed by atoms with E-state index in [1.807, 2.05) is 0 Å². The number of rotatable bonds is 5. The Balaban J connectivity index is 1.06. The standard InChI is InChI=1S/C54H41N/c1-53(2)47-25-15-14-23-41(47)44-31-45-43-30-35(26-27-40(43)46-33-54(49(45)32-48(44)53)51(52(46)54)34-16-6-3-7-17-34)38-28-29-50(42-24-13-12-22-39(38)42)55(36-18-8-4-9-19-36)37-20-10-5-11-21-37/h3-32,46,51-52H,33H2,1-2H3. The molecule has 4 aliphatic carbocycles. The van der Waals surface area contributed by atoms with E-state index in [-0.39, 0.29) is 10.8 Å². The molecule has 12 rings (SSSR count). The molecular weight excluding hydrogens is 663 g/mol. The third kappa shape index (κ3) is 4.19. The summed E-state index contributed by atoms with van der Waals surface area (Å²) in [5, 5.41) is 2.51. The number of benzene rings is 8. The topological polar surface area (TPSA) is 3.24 Å². The summed E-state index contributed by atoms with van der Waals surface area (Å²) in [6, 6.07) is 68.4. The summed E-state index contributed by atoms with van der Waals surface area (Å²) in [4.78, 5) is 2.39. The third-order valence-corrected chi connectivity index (χ3v) is 14.0. The predicted octanol–water partition coefficient (Wildman–Crippen LogP) is 14.1. The first-order valence-electron chi connectivity index (χ1n) is 19.9. The van der Waals surface area contributed by atoms with Crippen molar-refractivity contribution >= 4 is 27.8 Å². The van der Waals surface area contributed by atoms with Crippen LogP contribution in [0, 0.1) is 5.92 Å². The summed E-state index contributed by atoms with van der Waals surface area (Å²) < 4.78 is 0. The van der Waals surface area contributed by atoms with Gasteiger partial charge in [0.25, 0.3) is 0 Å². The molecule has 0 heterocycles. The highest BCUT2D eigenvalue weighted by Gasteiger charge is 2.77. The van der Waals surface area contributed by atoms with Crippen molar-refractivity contribution < 1.29 is 0 Å². The molecule has 0 N–H and O–H groups in total. The highest BCUT2D eigenvalue weighted by Crippen LogP contribution is 2.84. The molecule has 262 valence electrons. The van der Waals surface area contributed by atoms with Crippen LogP contribution in [-0.2, 0) is 10.8 Å². The first-order chi connectivity index (χ1) is 27.0. The Hall–Kier alpha value is -6.18. The molecule has 1 heteroatoms. The Kier molecular flexibility index (Phi) is 6.34. The molecule has 1 nitrogen and oxygen atoms in total. The zero-order valence-electron chi connectivity index (χ0n) is 31.2. The van der Waals surface area contributed by atoms with E-state index in [0.717, 1.165) is 11.4 Å². The average Bonchev–Trinajstić information content (AvgIpc) is 3.76. The second-order valence-electron chi connectivity index (χ2n) is 16.9. The summed E-state index contributed by atoms with van der Waals surface area (Å²) in [6.07, 6.45) is 1.23. The zero-order chi connectivity index (χ0) is 36.5. The van der Waals surface area contributed by atoms with Gasteiger partial charge in [0.15, 0.2) is 0 Å². The van der Waals surface area contributed by atoms with Crippen LogP contribution >= 0.6 is 0 Å². The molecule has 2 bridgehead atoms. The van der Waals surface area contributed by atoms with Crippen LogP contribution < -0.4 is 4.90 Å². The van der Waals surface area contributed by atoms with Gasteiger partial charge in [0, 0.05) is 27.6 Å². The van der Waals surface area contributed by atoms with E-state index in [1.54, 1.807) is 5.56 Å². The second kappa shape index (κ2) is 11.2. The number of nitrogens with zero attached hydrogens (tertiary/aromatic N) is 1. The Bertz CT molecular complexity index is 2800. The first kappa shape index (κ1) is 31.2. The van der Waals surface area contributed by atoms with Crippen molar-refractivity contribution in [1.29, 1.82) is 0 Å². The van der Waals surface area contributed by atoms with Crippen molar-refractivity contribution in [3.63, 3.8) is 0 Å². The van der Waals surface area contributed by atoms with Gasteiger partial charge in [-0.1, -0.05) is 153 Å². The third-order valence-electron chi connectivity index (χ3n) is 14.0. The van der Waals surface area contributed by atoms with Crippen molar-refractivity contribution in [3.05, 3.63) is 210 Å². The fraction of sp³-hybridized carbons (Fsp3) is 0.148. The average molecular weight is 704 g/mol. The molecular formula is C54H41N. The normalized spacial score (nSPS) is 21.6. The molecule has 55 heavy (non-hydrogen) atoms. The van der Waals surface area contributed by atoms with Crippen LogP contribution in [-0.4, -0.2) is 0 Å². The summed E-state index contributed by atoms with van der Waals surface area (Å²) in [5.41, 5.74) is 19.5. The highest BCUT2D eigenvalue weighted by molar-refractivity contribution is 6.06. The van der Waals surface area contributed by atoms with Crippen molar-refractivity contribution in [2.75, 3.05) is 4.90 Å². The minimum absolute atomic E-state index is 0.0294. The van der Waals surface area contributed by atoms with Crippen LogP contribution in [0.4, 0.5) is 17.1 Å². The Morgan fingerprint density at radius 2 is 1.11 bits per heavy atom. The van der Waals surface area contributed by atoms with Crippen LogP contribution in [0.3, 0.4) is 0 Å². The van der Waals surface area contributed by atoms with Crippen molar-refractivity contribution in [2.24, 2.45) is 5.92 Å². The Morgan fingerprint density at radius 3 is 1.85 bits per heavy atom. The molecule has 0 radical (unpaired) electrons. The smallest absolute Gasteiger partial charge is 0.0540 e. The van der Waals surface area contributed by atoms with Crippen LogP contribution in [0.15, 0.2) is 182 Å². The lowest BCUT2D eigenvalue weighted by atomic mass is 9.69. The minimum atomic E-state index is -0.0294. The van der Waals surface area contributed by atoms with Crippen LogP contribution in [0.1, 0.15) is 59.9 Å². The Morgan fingerprint density at radius 1 is 0.473 bits per heavy atom. The lowest BCUT2D eigenvalue weighted by Crippen LogP contribution is -2.27. The molecule has 8 aromatic rings. The van der Waals surface area contributed by atoms with Gasteiger partial charge in [-0.05, 0) is 133 Å². The summed E-state index contributed by atoms with van der Waals surface area (Å²) >= 11 is 0. The molecule has 0 aromatic heterocycles. The van der Waals surface area contributed by atoms with Gasteiger partial charge in [0.05, 0.1) is 5.69 Å². The fourth-order valence-corrected chi connectivity index (χ4v) is 11.5. The lowest BCUT2D eigenvalue weighted by molar-refractivity contribution is 0.340. The van der Waals surface area contributed by atoms with Gasteiger partial charge in [-0.3, -0.25) is 0 Å². The van der Waals surface area contributed by atoms with Crippen molar-refractivity contribution in [1.82, 2.24) is 0 Å². The SMILES string of the molecule is CC1(C)c2ccccc2-c2cc3c(cc21)C12CC(c4ccc(-c5ccc(N(c6ccccc6)c6ccccc6)c6ccccc56)cc4-3)C1C2c1ccccc1. The zero-order valence-corrected chi connectivity index (χ0v) is 31.2. The number of hydrogen-bond donors (Lipinski definition) is 0. The van der Waals surface area contributed by atoms with Gasteiger partial charge in [-0.15, -0.1) is 0 Å². The number of anilines is 3. The van der Waals surface area contributed by atoms with Gasteiger partial charge < -0.3 is 4.90 Å². The molecule has 0 amide bonds. The fourth-order valence-electron chi connectivity index (χ4n) is 11.5. The molecule has 4 aliphatic rings. The van der Waals surface area contributed by atoms with E-state index < -0.39 is 0 Å². The molecule has 4 unspecified atom stereocenters. The van der Waals surface area contributed by atoms with E-state index in [0.29, 0.717) is 17.8 Å². The highest BCUT2D eigenvalue weighted by atomic mass is 15.1. The van der Waals surface area contributed by atoms with Gasteiger partial charge in [-0.2, -0.15) is 0 Å². The van der Waals surface area contributed by atoms with E-state index >= 15 is 0 Å². The second-order valence-corrected chi connectivity index (χ2v) is 16.9. The quantitative estimate of drug-likeness (QED) is 0.172. The molecule has 2 saturated carbocycles. The van der Waals surface area contributed by atoms with Gasteiger partial charge in [-0.25, -0.2) is 0 Å². The minimum Gasteiger partial charge on any atom is -0.310 e. The van der Waals surface area contributed by atoms with Gasteiger partial charge in [0.2, 0.25) is 0 Å². The number of fused-ring (bicyclic) bond motifs is 8. The molecule has 0 saturated heterocycles. The maximum Gasteiger partial charge on any atom is 0.0540 e. The molecule has 8 aromatic carbocycles. The number of para-hydroxylation sites is 2. The first-order valence-corrected chi connectivity index (χ1v) is 19.9. The predicted molar refractivity (Wildman–Crippen MR) is 229 cm³/mol. The molecule has 4 atom stereocenters. The summed E-state index contributed by atoms with van der Waals surface area (Å²) in [6.45, 7) is 4.86. The van der Waals surface area contributed by atoms with Crippen LogP contribution in [0.25, 0.3) is 44.2 Å². The summed E-state index contributed by atoms with van der Waals surface area (Å²) in [7, 11) is 0. The largest absolute Gasteiger partial charge is 0.310 e. The summed E-state index contributed by atoms with van der Waals surface area (Å²) in [5.74, 6) is 1.79. The molecule has 0 spiro atoms. The van der Waals surface area contributed by atoms with Gasteiger partial charge in [0.1, 0.15) is 0 Å². The van der Waals surface area contributed by atoms with E-state index in [9.17, 15) is 0 Å². The van der Waals surface area contributed by atoms with Crippen LogP contribution in [0.5, 0.6) is 0 Å². The van der Waals surface area contributed by atoms with Crippen LogP contribution in [0.2, 0.25) is 0 Å². The molecule has 0 aliphatic heterocycles. The maximum atomic E-state index is 2.67. The van der Waals surface area contributed by atoms with E-state index in [1.165, 1.54) is 78.5 Å². The van der Waals surface area contributed by atoms with E-state index in [4.69, 9.17) is 0 Å². The van der Waals surface area contributed by atoms with Crippen molar-refractivity contribution in [3.8, 4) is 33.4 Å².